The predicted molar refractivity (Wildman–Crippen MR) is 67.7 cm³/mol. The Labute approximate surface area is 108 Å². The first kappa shape index (κ1) is 12.2. The lowest BCUT2D eigenvalue weighted by molar-refractivity contribution is -0.140. The number of likely N-dealkylation sites (tertiary alicyclic amines) is 1. The Bertz CT molecular complexity index is 339. The van der Waals surface area contributed by atoms with Crippen LogP contribution in [0, 0.1) is 23.7 Å². The van der Waals surface area contributed by atoms with Crippen molar-refractivity contribution < 1.29 is 9.59 Å². The quantitative estimate of drug-likeness (QED) is 0.761. The molecule has 3 aliphatic rings. The van der Waals surface area contributed by atoms with E-state index in [2.05, 4.69) is 12.2 Å². The van der Waals surface area contributed by atoms with Crippen LogP contribution < -0.4 is 5.32 Å². The van der Waals surface area contributed by atoms with Gasteiger partial charge in [-0.25, -0.2) is 0 Å². The van der Waals surface area contributed by atoms with Gasteiger partial charge < -0.3 is 5.32 Å². The number of hydrogen-bond acceptors (Lipinski definition) is 3. The smallest absolute Gasteiger partial charge is 0.233 e. The number of carbonyl (C=O) groups excluding carboxylic acids is 2. The van der Waals surface area contributed by atoms with Crippen LogP contribution in [-0.2, 0) is 9.59 Å². The Balaban J connectivity index is 1.60. The second-order valence-electron chi connectivity index (χ2n) is 6.27. The summed E-state index contributed by atoms with van der Waals surface area (Å²) in [6.45, 7) is 4.91. The molecule has 0 radical (unpaired) electrons. The van der Waals surface area contributed by atoms with Crippen molar-refractivity contribution in [1.82, 2.24) is 10.2 Å². The molecule has 2 amide bonds. The molecule has 3 rings (SSSR count). The van der Waals surface area contributed by atoms with E-state index in [-0.39, 0.29) is 23.7 Å². The standard InChI is InChI=1S/C14H22N2O2/c1-9-6-11-12(7-9)14(18)16(13(11)17)5-3-10-2-4-15-8-10/h9-12,15H,2-8H2,1H3. The average molecular weight is 250 g/mol. The normalized spacial score (nSPS) is 39.7. The highest BCUT2D eigenvalue weighted by Crippen LogP contribution is 2.42. The number of nitrogens with zero attached hydrogens (tertiary/aromatic N) is 1. The topological polar surface area (TPSA) is 49.4 Å². The van der Waals surface area contributed by atoms with Gasteiger partial charge in [-0.15, -0.1) is 0 Å². The van der Waals surface area contributed by atoms with E-state index < -0.39 is 0 Å². The van der Waals surface area contributed by atoms with Crippen molar-refractivity contribution in [2.24, 2.45) is 23.7 Å². The van der Waals surface area contributed by atoms with Crippen molar-refractivity contribution in [2.75, 3.05) is 19.6 Å². The van der Waals surface area contributed by atoms with Crippen LogP contribution in [0.15, 0.2) is 0 Å². The average Bonchev–Trinajstić information content (AvgIpc) is 3.00. The number of rotatable bonds is 3. The highest BCUT2D eigenvalue weighted by Gasteiger charge is 2.51. The predicted octanol–water partition coefficient (Wildman–Crippen LogP) is 1.02. The molecule has 3 fully saturated rings. The maximum absolute atomic E-state index is 12.2. The van der Waals surface area contributed by atoms with Gasteiger partial charge in [-0.3, -0.25) is 14.5 Å². The van der Waals surface area contributed by atoms with E-state index in [1.165, 1.54) is 6.42 Å². The summed E-state index contributed by atoms with van der Waals surface area (Å²) in [6, 6.07) is 0. The van der Waals surface area contributed by atoms with Crippen LogP contribution in [0.1, 0.15) is 32.6 Å². The molecule has 4 heteroatoms. The molecule has 4 nitrogen and oxygen atoms in total. The Kier molecular flexibility index (Phi) is 3.14. The minimum Gasteiger partial charge on any atom is -0.316 e. The number of fused-ring (bicyclic) bond motifs is 1. The largest absolute Gasteiger partial charge is 0.316 e. The first-order chi connectivity index (χ1) is 8.66. The van der Waals surface area contributed by atoms with Crippen LogP contribution >= 0.6 is 0 Å². The molecule has 18 heavy (non-hydrogen) atoms. The van der Waals surface area contributed by atoms with Crippen LogP contribution in [0.2, 0.25) is 0 Å². The van der Waals surface area contributed by atoms with Gasteiger partial charge in [0.05, 0.1) is 11.8 Å². The van der Waals surface area contributed by atoms with E-state index >= 15 is 0 Å². The molecule has 100 valence electrons. The van der Waals surface area contributed by atoms with Gasteiger partial charge in [0, 0.05) is 6.54 Å². The van der Waals surface area contributed by atoms with Crippen molar-refractivity contribution in [1.29, 1.82) is 0 Å². The van der Waals surface area contributed by atoms with E-state index in [1.807, 2.05) is 0 Å². The molecule has 0 aromatic carbocycles. The van der Waals surface area contributed by atoms with Gasteiger partial charge in [0.25, 0.3) is 0 Å². The summed E-state index contributed by atoms with van der Waals surface area (Å²) < 4.78 is 0. The zero-order valence-electron chi connectivity index (χ0n) is 11.0. The lowest BCUT2D eigenvalue weighted by Gasteiger charge is -2.18. The van der Waals surface area contributed by atoms with Crippen molar-refractivity contribution >= 4 is 11.8 Å². The van der Waals surface area contributed by atoms with Crippen LogP contribution in [0.4, 0.5) is 0 Å². The zero-order chi connectivity index (χ0) is 12.7. The molecule has 3 atom stereocenters. The van der Waals surface area contributed by atoms with Crippen molar-refractivity contribution in [3.8, 4) is 0 Å². The SMILES string of the molecule is CC1CC2C(=O)N(CCC3CCNC3)C(=O)C2C1. The molecule has 1 N–H and O–H groups in total. The van der Waals surface area contributed by atoms with Gasteiger partial charge in [0.1, 0.15) is 0 Å². The number of hydrogen-bond donors (Lipinski definition) is 1. The number of imide groups is 1. The molecule has 0 bridgehead atoms. The zero-order valence-corrected chi connectivity index (χ0v) is 11.0. The Hall–Kier alpha value is -0.900. The van der Waals surface area contributed by atoms with E-state index in [1.54, 1.807) is 4.90 Å². The van der Waals surface area contributed by atoms with Gasteiger partial charge in [0.15, 0.2) is 0 Å². The maximum Gasteiger partial charge on any atom is 0.233 e. The fourth-order valence-corrected chi connectivity index (χ4v) is 3.84. The van der Waals surface area contributed by atoms with Crippen molar-refractivity contribution in [3.63, 3.8) is 0 Å². The lowest BCUT2D eigenvalue weighted by atomic mass is 10.00. The van der Waals surface area contributed by atoms with Crippen molar-refractivity contribution in [2.45, 2.75) is 32.6 Å². The summed E-state index contributed by atoms with van der Waals surface area (Å²) in [5.74, 6) is 1.42. The van der Waals surface area contributed by atoms with Gasteiger partial charge in [0.2, 0.25) is 11.8 Å². The summed E-state index contributed by atoms with van der Waals surface area (Å²) in [5.41, 5.74) is 0. The van der Waals surface area contributed by atoms with Crippen LogP contribution in [0.25, 0.3) is 0 Å². The minimum absolute atomic E-state index is 0.00852. The highest BCUT2D eigenvalue weighted by atomic mass is 16.2. The Morgan fingerprint density at radius 1 is 1.22 bits per heavy atom. The van der Waals surface area contributed by atoms with E-state index in [0.29, 0.717) is 18.4 Å². The number of amides is 2. The van der Waals surface area contributed by atoms with Gasteiger partial charge >= 0.3 is 0 Å². The molecule has 2 aliphatic heterocycles. The lowest BCUT2D eigenvalue weighted by Crippen LogP contribution is -2.34. The fourth-order valence-electron chi connectivity index (χ4n) is 3.84. The molecule has 0 aromatic rings. The molecule has 1 saturated carbocycles. The van der Waals surface area contributed by atoms with E-state index in [4.69, 9.17) is 0 Å². The van der Waals surface area contributed by atoms with Crippen LogP contribution in [0.5, 0.6) is 0 Å². The second kappa shape index (κ2) is 4.65. The maximum atomic E-state index is 12.2. The molecule has 0 spiro atoms. The number of nitrogens with one attached hydrogen (secondary N) is 1. The van der Waals surface area contributed by atoms with Gasteiger partial charge in [-0.05, 0) is 50.6 Å². The molecule has 0 aromatic heterocycles. The Morgan fingerprint density at radius 2 is 1.89 bits per heavy atom. The fraction of sp³-hybridized carbons (Fsp3) is 0.857. The molecule has 2 heterocycles. The molecule has 2 saturated heterocycles. The van der Waals surface area contributed by atoms with Gasteiger partial charge in [-0.2, -0.15) is 0 Å². The summed E-state index contributed by atoms with van der Waals surface area (Å²) >= 11 is 0. The van der Waals surface area contributed by atoms with Crippen molar-refractivity contribution in [3.05, 3.63) is 0 Å². The molecule has 1 aliphatic carbocycles. The third-order valence-electron chi connectivity index (χ3n) is 4.89. The first-order valence-corrected chi connectivity index (χ1v) is 7.22. The molecular formula is C14H22N2O2. The summed E-state index contributed by atoms with van der Waals surface area (Å²) in [5, 5.41) is 3.33. The van der Waals surface area contributed by atoms with Crippen LogP contribution in [-0.4, -0.2) is 36.3 Å². The van der Waals surface area contributed by atoms with Crippen LogP contribution in [0.3, 0.4) is 0 Å². The van der Waals surface area contributed by atoms with E-state index in [9.17, 15) is 9.59 Å². The summed E-state index contributed by atoms with van der Waals surface area (Å²) in [4.78, 5) is 26.0. The van der Waals surface area contributed by atoms with E-state index in [0.717, 1.165) is 32.4 Å². The monoisotopic (exact) mass is 250 g/mol. The van der Waals surface area contributed by atoms with Gasteiger partial charge in [-0.1, -0.05) is 6.92 Å². The first-order valence-electron chi connectivity index (χ1n) is 7.22. The summed E-state index contributed by atoms with van der Waals surface area (Å²) in [6.07, 6.45) is 3.98. The Morgan fingerprint density at radius 3 is 2.44 bits per heavy atom. The molecular weight excluding hydrogens is 228 g/mol. The summed E-state index contributed by atoms with van der Waals surface area (Å²) in [7, 11) is 0. The minimum atomic E-state index is 0.00852. The number of carbonyl (C=O) groups is 2. The second-order valence-corrected chi connectivity index (χ2v) is 6.27. The molecule has 3 unspecified atom stereocenters. The third-order valence-corrected chi connectivity index (χ3v) is 4.89. The third kappa shape index (κ3) is 1.96. The highest BCUT2D eigenvalue weighted by molar-refractivity contribution is 6.05.